The number of fused-ring (bicyclic) bond motifs is 1. The summed E-state index contributed by atoms with van der Waals surface area (Å²) in [6, 6.07) is 0. The summed E-state index contributed by atoms with van der Waals surface area (Å²) in [5.74, 6) is 2.83. The van der Waals surface area contributed by atoms with Crippen molar-refractivity contribution in [1.29, 1.82) is 0 Å². The largest absolute Gasteiger partial charge is 0.0850 e. The average Bonchev–Trinajstić information content (AvgIpc) is 2.16. The molecule has 0 saturated heterocycles. The van der Waals surface area contributed by atoms with Crippen LogP contribution in [-0.4, -0.2) is 0 Å². The Balaban J connectivity index is 1.90. The van der Waals surface area contributed by atoms with Gasteiger partial charge < -0.3 is 0 Å². The lowest BCUT2D eigenvalue weighted by Gasteiger charge is -2.58. The molecule has 3 rings (SSSR count). The van der Waals surface area contributed by atoms with E-state index in [1.807, 2.05) is 0 Å². The summed E-state index contributed by atoms with van der Waals surface area (Å²) in [5.41, 5.74) is 2.36. The SMILES string of the molecule is CC1=CCC2CC1C2(C)CCCC(C)C. The second-order valence-corrected chi connectivity index (χ2v) is 6.46. The Morgan fingerprint density at radius 2 is 2.20 bits per heavy atom. The van der Waals surface area contributed by atoms with E-state index in [0.29, 0.717) is 5.41 Å². The standard InChI is InChI=1S/C15H26/c1-11(2)6-5-9-15(4)13-8-7-12(3)14(15)10-13/h7,11,13-14H,5-6,8-10H2,1-4H3. The molecule has 0 spiro atoms. The first-order chi connectivity index (χ1) is 7.04. The third-order valence-corrected chi connectivity index (χ3v) is 5.02. The molecule has 3 aliphatic carbocycles. The summed E-state index contributed by atoms with van der Waals surface area (Å²) in [6.07, 6.45) is 9.65. The summed E-state index contributed by atoms with van der Waals surface area (Å²) >= 11 is 0. The summed E-state index contributed by atoms with van der Waals surface area (Å²) < 4.78 is 0. The van der Waals surface area contributed by atoms with E-state index in [1.165, 1.54) is 32.1 Å². The predicted molar refractivity (Wildman–Crippen MR) is 66.8 cm³/mol. The fourth-order valence-corrected chi connectivity index (χ4v) is 3.76. The summed E-state index contributed by atoms with van der Waals surface area (Å²) in [6.45, 7) is 9.58. The van der Waals surface area contributed by atoms with Gasteiger partial charge in [0.25, 0.3) is 0 Å². The highest BCUT2D eigenvalue weighted by Gasteiger charge is 2.52. The Hall–Kier alpha value is -0.260. The predicted octanol–water partition coefficient (Wildman–Crippen LogP) is 4.81. The molecule has 0 heterocycles. The highest BCUT2D eigenvalue weighted by molar-refractivity contribution is 5.22. The lowest BCUT2D eigenvalue weighted by Crippen LogP contribution is -2.49. The van der Waals surface area contributed by atoms with Crippen molar-refractivity contribution in [3.63, 3.8) is 0 Å². The Bertz CT molecular complexity index is 261. The van der Waals surface area contributed by atoms with Crippen LogP contribution in [0.5, 0.6) is 0 Å². The minimum atomic E-state index is 0.674. The number of hydrogen-bond donors (Lipinski definition) is 0. The Morgan fingerprint density at radius 3 is 2.73 bits per heavy atom. The molecule has 0 aromatic heterocycles. The molecular weight excluding hydrogens is 180 g/mol. The van der Waals surface area contributed by atoms with Crippen molar-refractivity contribution in [3.05, 3.63) is 11.6 Å². The number of hydrogen-bond acceptors (Lipinski definition) is 0. The normalized spacial score (nSPS) is 38.9. The molecule has 0 aromatic carbocycles. The summed E-state index contributed by atoms with van der Waals surface area (Å²) in [5, 5.41) is 0. The van der Waals surface area contributed by atoms with E-state index in [-0.39, 0.29) is 0 Å². The second-order valence-electron chi connectivity index (χ2n) is 6.46. The zero-order chi connectivity index (χ0) is 11.1. The van der Waals surface area contributed by atoms with Crippen LogP contribution in [0, 0.1) is 23.2 Å². The second kappa shape index (κ2) is 3.96. The number of allylic oxidation sites excluding steroid dienone is 2. The van der Waals surface area contributed by atoms with Crippen molar-refractivity contribution >= 4 is 0 Å². The third kappa shape index (κ3) is 1.88. The number of rotatable bonds is 4. The van der Waals surface area contributed by atoms with Gasteiger partial charge in [0.2, 0.25) is 0 Å². The van der Waals surface area contributed by atoms with Gasteiger partial charge in [-0.05, 0) is 49.4 Å². The molecule has 0 N–H and O–H groups in total. The highest BCUT2D eigenvalue weighted by Crippen LogP contribution is 2.61. The fourth-order valence-electron chi connectivity index (χ4n) is 3.76. The molecule has 2 bridgehead atoms. The Kier molecular flexibility index (Phi) is 2.96. The lowest BCUT2D eigenvalue weighted by atomic mass is 9.47. The van der Waals surface area contributed by atoms with E-state index >= 15 is 0 Å². The maximum atomic E-state index is 2.54. The molecule has 0 radical (unpaired) electrons. The van der Waals surface area contributed by atoms with Crippen LogP contribution in [0.4, 0.5) is 0 Å². The van der Waals surface area contributed by atoms with Gasteiger partial charge in [-0.3, -0.25) is 0 Å². The van der Waals surface area contributed by atoms with Gasteiger partial charge in [-0.25, -0.2) is 0 Å². The van der Waals surface area contributed by atoms with Gasteiger partial charge >= 0.3 is 0 Å². The molecule has 3 unspecified atom stereocenters. The summed E-state index contributed by atoms with van der Waals surface area (Å²) in [7, 11) is 0. The van der Waals surface area contributed by atoms with Crippen LogP contribution in [0.25, 0.3) is 0 Å². The first kappa shape index (κ1) is 11.2. The molecule has 0 heteroatoms. The van der Waals surface area contributed by atoms with Gasteiger partial charge in [-0.15, -0.1) is 0 Å². The minimum Gasteiger partial charge on any atom is -0.0850 e. The zero-order valence-corrected chi connectivity index (χ0v) is 10.8. The van der Waals surface area contributed by atoms with Crippen LogP contribution < -0.4 is 0 Å². The van der Waals surface area contributed by atoms with Crippen molar-refractivity contribution in [2.45, 2.75) is 59.8 Å². The molecular formula is C15H26. The molecule has 0 nitrogen and oxygen atoms in total. The van der Waals surface area contributed by atoms with Crippen molar-refractivity contribution in [2.24, 2.45) is 23.2 Å². The van der Waals surface area contributed by atoms with E-state index in [9.17, 15) is 0 Å². The van der Waals surface area contributed by atoms with Crippen LogP contribution in [0.3, 0.4) is 0 Å². The van der Waals surface area contributed by atoms with Crippen molar-refractivity contribution in [2.75, 3.05) is 0 Å². The smallest absolute Gasteiger partial charge is 0.0146 e. The van der Waals surface area contributed by atoms with Gasteiger partial charge in [-0.2, -0.15) is 0 Å². The maximum Gasteiger partial charge on any atom is -0.0146 e. The zero-order valence-electron chi connectivity index (χ0n) is 10.8. The van der Waals surface area contributed by atoms with Crippen molar-refractivity contribution in [3.8, 4) is 0 Å². The third-order valence-electron chi connectivity index (χ3n) is 5.02. The van der Waals surface area contributed by atoms with Crippen LogP contribution in [0.1, 0.15) is 59.8 Å². The molecule has 0 aliphatic heterocycles. The lowest BCUT2D eigenvalue weighted by molar-refractivity contribution is -0.0345. The van der Waals surface area contributed by atoms with Crippen LogP contribution in [0.15, 0.2) is 11.6 Å². The van der Waals surface area contributed by atoms with E-state index in [0.717, 1.165) is 17.8 Å². The molecule has 3 aliphatic rings. The van der Waals surface area contributed by atoms with Crippen LogP contribution in [-0.2, 0) is 0 Å². The minimum absolute atomic E-state index is 0.674. The van der Waals surface area contributed by atoms with Gasteiger partial charge in [0.05, 0.1) is 0 Å². The van der Waals surface area contributed by atoms with E-state index < -0.39 is 0 Å². The van der Waals surface area contributed by atoms with E-state index in [2.05, 4.69) is 33.8 Å². The van der Waals surface area contributed by atoms with E-state index in [1.54, 1.807) is 5.57 Å². The van der Waals surface area contributed by atoms with Crippen molar-refractivity contribution in [1.82, 2.24) is 0 Å². The first-order valence-corrected chi connectivity index (χ1v) is 6.70. The Morgan fingerprint density at radius 1 is 1.47 bits per heavy atom. The average molecular weight is 206 g/mol. The van der Waals surface area contributed by atoms with Gasteiger partial charge in [0.15, 0.2) is 0 Å². The Labute approximate surface area is 95.1 Å². The van der Waals surface area contributed by atoms with Crippen molar-refractivity contribution < 1.29 is 0 Å². The molecule has 1 saturated carbocycles. The molecule has 0 amide bonds. The molecule has 86 valence electrons. The van der Waals surface area contributed by atoms with Crippen LogP contribution >= 0.6 is 0 Å². The fraction of sp³-hybridized carbons (Fsp3) is 0.867. The highest BCUT2D eigenvalue weighted by atomic mass is 14.6. The summed E-state index contributed by atoms with van der Waals surface area (Å²) in [4.78, 5) is 0. The van der Waals surface area contributed by atoms with Gasteiger partial charge in [0.1, 0.15) is 0 Å². The maximum absolute atomic E-state index is 2.54. The van der Waals surface area contributed by atoms with Gasteiger partial charge in [0, 0.05) is 0 Å². The topological polar surface area (TPSA) is 0 Å². The molecule has 0 aromatic rings. The molecule has 15 heavy (non-hydrogen) atoms. The van der Waals surface area contributed by atoms with E-state index in [4.69, 9.17) is 0 Å². The van der Waals surface area contributed by atoms with Crippen LogP contribution in [0.2, 0.25) is 0 Å². The monoisotopic (exact) mass is 206 g/mol. The quantitative estimate of drug-likeness (QED) is 0.579. The molecule has 1 fully saturated rings. The van der Waals surface area contributed by atoms with Gasteiger partial charge in [-0.1, -0.05) is 45.3 Å². The first-order valence-electron chi connectivity index (χ1n) is 6.70. The molecule has 3 atom stereocenters.